The molecule has 5 nitrogen and oxygen atoms in total. The predicted octanol–water partition coefficient (Wildman–Crippen LogP) is 3.06. The molecule has 2 heterocycles. The van der Waals surface area contributed by atoms with Gasteiger partial charge < -0.3 is 11.1 Å². The minimum Gasteiger partial charge on any atom is -0.365 e. The third kappa shape index (κ3) is 2.80. The molecule has 0 spiro atoms. The van der Waals surface area contributed by atoms with E-state index in [-0.39, 0.29) is 16.9 Å². The number of anilines is 2. The molecule has 7 heteroatoms. The van der Waals surface area contributed by atoms with Gasteiger partial charge in [0.15, 0.2) is 5.65 Å². The Morgan fingerprint density at radius 3 is 2.74 bits per heavy atom. The fourth-order valence-electron chi connectivity index (χ4n) is 2.22. The van der Waals surface area contributed by atoms with Crippen LogP contribution in [-0.2, 0) is 0 Å². The number of hydrogen-bond acceptors (Lipinski definition) is 4. The summed E-state index contributed by atoms with van der Waals surface area (Å²) in [6.07, 6.45) is 1.26. The first-order valence-corrected chi connectivity index (χ1v) is 6.74. The molecule has 3 aromatic rings. The van der Waals surface area contributed by atoms with Gasteiger partial charge in [0.05, 0.1) is 16.9 Å². The zero-order valence-electron chi connectivity index (χ0n) is 12.1. The number of nitrogens with two attached hydrogens (primary N) is 1. The third-order valence-corrected chi connectivity index (χ3v) is 3.32. The van der Waals surface area contributed by atoms with Gasteiger partial charge in [-0.25, -0.2) is 18.7 Å². The van der Waals surface area contributed by atoms with E-state index in [4.69, 9.17) is 5.73 Å². The van der Waals surface area contributed by atoms with Crippen molar-refractivity contribution >= 4 is 28.3 Å². The summed E-state index contributed by atoms with van der Waals surface area (Å²) in [6, 6.07) is 6.41. The highest BCUT2D eigenvalue weighted by Gasteiger charge is 2.16. The molecular weight excluding hydrogens is 302 g/mol. The Kier molecular flexibility index (Phi) is 3.61. The molecule has 0 bridgehead atoms. The standard InChI is InChI=1S/C16H12F2N4O/c1-8-2-4-10-14(11(15(19)23)7-20-16(10)21-8)22-13-6-9(17)3-5-12(13)18/h2-7H,1H3,(H2,19,23)(H,20,21,22). The normalized spacial score (nSPS) is 10.7. The molecule has 0 atom stereocenters. The number of nitrogens with one attached hydrogen (secondary N) is 1. The van der Waals surface area contributed by atoms with E-state index in [1.807, 2.05) is 0 Å². The molecule has 23 heavy (non-hydrogen) atoms. The van der Waals surface area contributed by atoms with Crippen LogP contribution in [0.4, 0.5) is 20.2 Å². The molecule has 3 N–H and O–H groups in total. The summed E-state index contributed by atoms with van der Waals surface area (Å²) in [5.74, 6) is -2.01. The molecule has 0 aliphatic rings. The van der Waals surface area contributed by atoms with Crippen molar-refractivity contribution in [2.75, 3.05) is 5.32 Å². The lowest BCUT2D eigenvalue weighted by molar-refractivity contribution is 0.100. The molecule has 2 aromatic heterocycles. The lowest BCUT2D eigenvalue weighted by Gasteiger charge is -2.13. The SMILES string of the molecule is Cc1ccc2c(Nc3cc(F)ccc3F)c(C(N)=O)cnc2n1. The number of carbonyl (C=O) groups excluding carboxylic acids is 1. The van der Waals surface area contributed by atoms with Crippen LogP contribution in [0, 0.1) is 18.6 Å². The molecule has 3 rings (SSSR count). The van der Waals surface area contributed by atoms with Crippen molar-refractivity contribution < 1.29 is 13.6 Å². The van der Waals surface area contributed by atoms with E-state index in [0.29, 0.717) is 11.0 Å². The van der Waals surface area contributed by atoms with Gasteiger partial charge in [0.25, 0.3) is 5.91 Å². The van der Waals surface area contributed by atoms with Crippen LogP contribution in [0.25, 0.3) is 11.0 Å². The fraction of sp³-hybridized carbons (Fsp3) is 0.0625. The minimum absolute atomic E-state index is 0.0619. The van der Waals surface area contributed by atoms with Crippen LogP contribution >= 0.6 is 0 Å². The van der Waals surface area contributed by atoms with E-state index in [1.165, 1.54) is 6.20 Å². The molecule has 0 radical (unpaired) electrons. The lowest BCUT2D eigenvalue weighted by Crippen LogP contribution is -2.14. The molecule has 0 fully saturated rings. The van der Waals surface area contributed by atoms with Crippen molar-refractivity contribution in [1.82, 2.24) is 9.97 Å². The average Bonchev–Trinajstić information content (AvgIpc) is 2.50. The first-order valence-electron chi connectivity index (χ1n) is 6.74. The zero-order valence-corrected chi connectivity index (χ0v) is 12.1. The molecule has 0 saturated carbocycles. The van der Waals surface area contributed by atoms with Gasteiger partial charge >= 0.3 is 0 Å². The Balaban J connectivity index is 2.23. The van der Waals surface area contributed by atoms with Crippen LogP contribution < -0.4 is 11.1 Å². The number of rotatable bonds is 3. The number of nitrogens with zero attached hydrogens (tertiary/aromatic N) is 2. The number of aryl methyl sites for hydroxylation is 1. The van der Waals surface area contributed by atoms with E-state index in [2.05, 4.69) is 15.3 Å². The van der Waals surface area contributed by atoms with Crippen LogP contribution in [0.15, 0.2) is 36.5 Å². The van der Waals surface area contributed by atoms with E-state index >= 15 is 0 Å². The highest BCUT2D eigenvalue weighted by Crippen LogP contribution is 2.29. The number of benzene rings is 1. The molecule has 116 valence electrons. The second-order valence-electron chi connectivity index (χ2n) is 4.98. The van der Waals surface area contributed by atoms with Crippen LogP contribution in [0.1, 0.15) is 16.1 Å². The second-order valence-corrected chi connectivity index (χ2v) is 4.98. The van der Waals surface area contributed by atoms with E-state index in [0.717, 1.165) is 23.9 Å². The first-order chi connectivity index (χ1) is 11.0. The summed E-state index contributed by atoms with van der Waals surface area (Å²) in [5.41, 5.74) is 6.64. The Bertz CT molecular complexity index is 927. The Hall–Kier alpha value is -3.09. The smallest absolute Gasteiger partial charge is 0.252 e. The van der Waals surface area contributed by atoms with Gasteiger partial charge in [-0.2, -0.15) is 0 Å². The maximum Gasteiger partial charge on any atom is 0.252 e. The molecule has 0 aliphatic carbocycles. The Morgan fingerprint density at radius 1 is 1.22 bits per heavy atom. The average molecular weight is 314 g/mol. The maximum absolute atomic E-state index is 13.9. The molecular formula is C16H12F2N4O. The summed E-state index contributed by atoms with van der Waals surface area (Å²) in [4.78, 5) is 20.0. The van der Waals surface area contributed by atoms with E-state index in [9.17, 15) is 13.6 Å². The summed E-state index contributed by atoms with van der Waals surface area (Å²) in [5, 5.41) is 3.21. The van der Waals surface area contributed by atoms with Crippen LogP contribution in [0.5, 0.6) is 0 Å². The highest BCUT2D eigenvalue weighted by atomic mass is 19.1. The monoisotopic (exact) mass is 314 g/mol. The molecule has 0 unspecified atom stereocenters. The van der Waals surface area contributed by atoms with Gasteiger partial charge in [0.2, 0.25) is 0 Å². The van der Waals surface area contributed by atoms with E-state index < -0.39 is 17.5 Å². The van der Waals surface area contributed by atoms with Gasteiger partial charge in [-0.1, -0.05) is 0 Å². The molecule has 0 saturated heterocycles. The zero-order chi connectivity index (χ0) is 16.6. The fourth-order valence-corrected chi connectivity index (χ4v) is 2.22. The van der Waals surface area contributed by atoms with Crippen molar-refractivity contribution in [1.29, 1.82) is 0 Å². The van der Waals surface area contributed by atoms with Crippen molar-refractivity contribution in [3.05, 3.63) is 59.4 Å². The number of primary amides is 1. The summed E-state index contributed by atoms with van der Waals surface area (Å²) >= 11 is 0. The summed E-state index contributed by atoms with van der Waals surface area (Å²) in [7, 11) is 0. The van der Waals surface area contributed by atoms with Crippen LogP contribution in [0.2, 0.25) is 0 Å². The maximum atomic E-state index is 13.9. The predicted molar refractivity (Wildman–Crippen MR) is 82.4 cm³/mol. The topological polar surface area (TPSA) is 80.9 Å². The molecule has 0 aliphatic heterocycles. The number of amides is 1. The first kappa shape index (κ1) is 14.8. The summed E-state index contributed by atoms with van der Waals surface area (Å²) in [6.45, 7) is 1.79. The van der Waals surface area contributed by atoms with Crippen molar-refractivity contribution in [3.63, 3.8) is 0 Å². The van der Waals surface area contributed by atoms with Crippen LogP contribution in [0.3, 0.4) is 0 Å². The van der Waals surface area contributed by atoms with Gasteiger partial charge in [0.1, 0.15) is 11.6 Å². The van der Waals surface area contributed by atoms with Gasteiger partial charge in [-0.15, -0.1) is 0 Å². The van der Waals surface area contributed by atoms with E-state index in [1.54, 1.807) is 19.1 Å². The number of halogens is 2. The van der Waals surface area contributed by atoms with Crippen molar-refractivity contribution in [2.45, 2.75) is 6.92 Å². The van der Waals surface area contributed by atoms with Crippen molar-refractivity contribution in [3.8, 4) is 0 Å². The highest BCUT2D eigenvalue weighted by molar-refractivity contribution is 6.06. The molecule has 1 aromatic carbocycles. The number of pyridine rings is 2. The second kappa shape index (κ2) is 5.60. The number of carbonyl (C=O) groups is 1. The summed E-state index contributed by atoms with van der Waals surface area (Å²) < 4.78 is 27.2. The molecule has 1 amide bonds. The Morgan fingerprint density at radius 2 is 2.00 bits per heavy atom. The third-order valence-electron chi connectivity index (χ3n) is 3.32. The van der Waals surface area contributed by atoms with Gasteiger partial charge in [-0.3, -0.25) is 4.79 Å². The van der Waals surface area contributed by atoms with Gasteiger partial charge in [-0.05, 0) is 31.2 Å². The lowest BCUT2D eigenvalue weighted by atomic mass is 10.1. The number of fused-ring (bicyclic) bond motifs is 1. The Labute approximate surface area is 130 Å². The van der Waals surface area contributed by atoms with Crippen molar-refractivity contribution in [2.24, 2.45) is 5.73 Å². The minimum atomic E-state index is -0.737. The number of aromatic nitrogens is 2. The number of hydrogen-bond donors (Lipinski definition) is 2. The van der Waals surface area contributed by atoms with Crippen LogP contribution in [-0.4, -0.2) is 15.9 Å². The quantitative estimate of drug-likeness (QED) is 0.778. The van der Waals surface area contributed by atoms with Gasteiger partial charge in [0, 0.05) is 23.3 Å². The largest absolute Gasteiger partial charge is 0.365 e.